The number of ether oxygens (including phenoxy) is 2. The van der Waals surface area contributed by atoms with E-state index in [4.69, 9.17) is 9.47 Å². The van der Waals surface area contributed by atoms with E-state index in [-0.39, 0.29) is 5.97 Å². The van der Waals surface area contributed by atoms with Gasteiger partial charge in [-0.2, -0.15) is 0 Å². The first kappa shape index (κ1) is 20.8. The Morgan fingerprint density at radius 3 is 2.67 bits per heavy atom. The lowest BCUT2D eigenvalue weighted by Gasteiger charge is -2.21. The largest absolute Gasteiger partial charge is 0.466 e. The van der Waals surface area contributed by atoms with Gasteiger partial charge in [-0.05, 0) is 69.0 Å². The lowest BCUT2D eigenvalue weighted by atomic mass is 10.1. The maximum absolute atomic E-state index is 11.5. The molecule has 0 radical (unpaired) electrons. The topological polar surface area (TPSA) is 51.7 Å². The SMILES string of the molecule is CCOC(=O)CCCN(CCc1ccc(Oc2nc3ccccc3s2)cc1)C1CC1. The smallest absolute Gasteiger partial charge is 0.305 e. The average molecular weight is 425 g/mol. The standard InChI is InChI=1S/C24H28N2O3S/c1-2-28-23(27)8-5-16-26(19-11-12-19)17-15-18-9-13-20(14-10-18)29-24-25-21-6-3-4-7-22(21)30-24/h3-4,6-7,9-10,13-14,19H,2,5,8,11-12,15-17H2,1H3. The minimum atomic E-state index is -0.0861. The Hall–Kier alpha value is -2.44. The van der Waals surface area contributed by atoms with Gasteiger partial charge in [0.15, 0.2) is 0 Å². The summed E-state index contributed by atoms with van der Waals surface area (Å²) in [5.41, 5.74) is 2.26. The van der Waals surface area contributed by atoms with Gasteiger partial charge in [0.1, 0.15) is 5.75 Å². The van der Waals surface area contributed by atoms with E-state index in [1.165, 1.54) is 18.4 Å². The predicted molar refractivity (Wildman–Crippen MR) is 120 cm³/mol. The van der Waals surface area contributed by atoms with Crippen molar-refractivity contribution >= 4 is 27.5 Å². The molecular weight excluding hydrogens is 396 g/mol. The number of fused-ring (bicyclic) bond motifs is 1. The summed E-state index contributed by atoms with van der Waals surface area (Å²) in [6, 6.07) is 17.0. The molecule has 1 aliphatic carbocycles. The molecule has 5 nitrogen and oxygen atoms in total. The number of thiazole rings is 1. The van der Waals surface area contributed by atoms with E-state index in [9.17, 15) is 4.79 Å². The van der Waals surface area contributed by atoms with Crippen molar-refractivity contribution in [2.75, 3.05) is 19.7 Å². The normalized spacial score (nSPS) is 13.7. The summed E-state index contributed by atoms with van der Waals surface area (Å²) in [4.78, 5) is 18.6. The van der Waals surface area contributed by atoms with Crippen LogP contribution >= 0.6 is 11.3 Å². The summed E-state index contributed by atoms with van der Waals surface area (Å²) in [6.45, 7) is 4.29. The zero-order valence-electron chi connectivity index (χ0n) is 17.4. The second-order valence-corrected chi connectivity index (χ2v) is 8.61. The molecule has 0 spiro atoms. The van der Waals surface area contributed by atoms with Crippen LogP contribution in [0.1, 0.15) is 38.2 Å². The first-order chi connectivity index (χ1) is 14.7. The number of nitrogens with zero attached hydrogens (tertiary/aromatic N) is 2. The molecule has 6 heteroatoms. The number of para-hydroxylation sites is 1. The fraction of sp³-hybridized carbons (Fsp3) is 0.417. The van der Waals surface area contributed by atoms with Crippen LogP contribution < -0.4 is 4.74 Å². The fourth-order valence-corrected chi connectivity index (χ4v) is 4.40. The molecule has 30 heavy (non-hydrogen) atoms. The molecule has 1 heterocycles. The molecule has 1 aliphatic rings. The van der Waals surface area contributed by atoms with Crippen LogP contribution in [0, 0.1) is 0 Å². The van der Waals surface area contributed by atoms with Gasteiger partial charge in [-0.1, -0.05) is 35.6 Å². The fourth-order valence-electron chi connectivity index (χ4n) is 3.57. The molecule has 0 saturated heterocycles. The van der Waals surface area contributed by atoms with E-state index in [1.807, 2.05) is 37.3 Å². The number of rotatable bonds is 11. The molecule has 0 aliphatic heterocycles. The lowest BCUT2D eigenvalue weighted by Crippen LogP contribution is -2.30. The molecule has 0 bridgehead atoms. The third-order valence-corrected chi connectivity index (χ3v) is 6.20. The maximum atomic E-state index is 11.5. The van der Waals surface area contributed by atoms with Gasteiger partial charge in [0.2, 0.25) is 0 Å². The molecule has 1 fully saturated rings. The Morgan fingerprint density at radius 2 is 1.93 bits per heavy atom. The summed E-state index contributed by atoms with van der Waals surface area (Å²) < 4.78 is 12.1. The lowest BCUT2D eigenvalue weighted by molar-refractivity contribution is -0.143. The zero-order chi connectivity index (χ0) is 20.8. The monoisotopic (exact) mass is 424 g/mol. The Morgan fingerprint density at radius 1 is 1.13 bits per heavy atom. The quantitative estimate of drug-likeness (QED) is 0.384. The third-order valence-electron chi connectivity index (χ3n) is 5.29. The van der Waals surface area contributed by atoms with Gasteiger partial charge in [-0.15, -0.1) is 0 Å². The van der Waals surface area contributed by atoms with Crippen molar-refractivity contribution in [2.45, 2.75) is 45.1 Å². The summed E-state index contributed by atoms with van der Waals surface area (Å²) in [6.07, 6.45) is 4.92. The van der Waals surface area contributed by atoms with Gasteiger partial charge in [-0.3, -0.25) is 4.79 Å². The van der Waals surface area contributed by atoms with Crippen LogP contribution in [0.3, 0.4) is 0 Å². The Labute approximate surface area is 181 Å². The molecule has 0 atom stereocenters. The van der Waals surface area contributed by atoms with Crippen LogP contribution in [-0.4, -0.2) is 41.6 Å². The van der Waals surface area contributed by atoms with Gasteiger partial charge in [-0.25, -0.2) is 4.98 Å². The van der Waals surface area contributed by atoms with Crippen molar-refractivity contribution in [3.05, 3.63) is 54.1 Å². The van der Waals surface area contributed by atoms with E-state index in [0.29, 0.717) is 24.3 Å². The number of hydrogen-bond donors (Lipinski definition) is 0. The third kappa shape index (κ3) is 5.80. The number of carbonyl (C=O) groups excluding carboxylic acids is 1. The van der Waals surface area contributed by atoms with Crippen molar-refractivity contribution in [2.24, 2.45) is 0 Å². The first-order valence-electron chi connectivity index (χ1n) is 10.7. The Bertz CT molecular complexity index is 933. The van der Waals surface area contributed by atoms with Crippen LogP contribution in [0.25, 0.3) is 10.2 Å². The van der Waals surface area contributed by atoms with E-state index in [2.05, 4.69) is 28.1 Å². The van der Waals surface area contributed by atoms with Crippen molar-refractivity contribution in [3.63, 3.8) is 0 Å². The maximum Gasteiger partial charge on any atom is 0.305 e. The second-order valence-electron chi connectivity index (χ2n) is 7.62. The minimum absolute atomic E-state index is 0.0861. The van der Waals surface area contributed by atoms with Gasteiger partial charge in [0.05, 0.1) is 16.8 Å². The Balaban J connectivity index is 1.26. The number of benzene rings is 2. The Kier molecular flexibility index (Phi) is 6.97. The van der Waals surface area contributed by atoms with Crippen LogP contribution in [-0.2, 0) is 16.0 Å². The van der Waals surface area contributed by atoms with Crippen molar-refractivity contribution < 1.29 is 14.3 Å². The van der Waals surface area contributed by atoms with Crippen LogP contribution in [0.4, 0.5) is 0 Å². The van der Waals surface area contributed by atoms with Gasteiger partial charge < -0.3 is 14.4 Å². The molecule has 158 valence electrons. The average Bonchev–Trinajstić information content (AvgIpc) is 3.51. The van der Waals surface area contributed by atoms with Gasteiger partial charge in [0.25, 0.3) is 5.19 Å². The summed E-state index contributed by atoms with van der Waals surface area (Å²) >= 11 is 1.56. The molecule has 4 rings (SSSR count). The number of aromatic nitrogens is 1. The summed E-state index contributed by atoms with van der Waals surface area (Å²) in [7, 11) is 0. The van der Waals surface area contributed by atoms with Crippen molar-refractivity contribution in [1.82, 2.24) is 9.88 Å². The predicted octanol–water partition coefficient (Wildman–Crippen LogP) is 5.44. The summed E-state index contributed by atoms with van der Waals surface area (Å²) in [5.74, 6) is 0.725. The highest BCUT2D eigenvalue weighted by Gasteiger charge is 2.28. The molecule has 0 N–H and O–H groups in total. The van der Waals surface area contributed by atoms with E-state index in [1.54, 1.807) is 11.3 Å². The second kappa shape index (κ2) is 10.0. The van der Waals surface area contributed by atoms with Crippen molar-refractivity contribution in [3.8, 4) is 10.9 Å². The van der Waals surface area contributed by atoms with Gasteiger partial charge >= 0.3 is 5.97 Å². The minimum Gasteiger partial charge on any atom is -0.466 e. The number of esters is 1. The summed E-state index contributed by atoms with van der Waals surface area (Å²) in [5, 5.41) is 0.672. The highest BCUT2D eigenvalue weighted by molar-refractivity contribution is 7.20. The number of hydrogen-bond acceptors (Lipinski definition) is 6. The van der Waals surface area contributed by atoms with Crippen LogP contribution in [0.5, 0.6) is 10.9 Å². The molecular formula is C24H28N2O3S. The van der Waals surface area contributed by atoms with E-state index in [0.717, 1.165) is 41.9 Å². The van der Waals surface area contributed by atoms with Crippen molar-refractivity contribution in [1.29, 1.82) is 0 Å². The molecule has 1 aromatic heterocycles. The van der Waals surface area contributed by atoms with Crippen LogP contribution in [0.15, 0.2) is 48.5 Å². The molecule has 0 amide bonds. The highest BCUT2D eigenvalue weighted by Crippen LogP contribution is 2.31. The molecule has 1 saturated carbocycles. The van der Waals surface area contributed by atoms with Gasteiger partial charge in [0, 0.05) is 19.0 Å². The zero-order valence-corrected chi connectivity index (χ0v) is 18.2. The number of carbonyl (C=O) groups is 1. The molecule has 3 aromatic rings. The highest BCUT2D eigenvalue weighted by atomic mass is 32.1. The van der Waals surface area contributed by atoms with E-state index < -0.39 is 0 Å². The van der Waals surface area contributed by atoms with E-state index >= 15 is 0 Å². The van der Waals surface area contributed by atoms with Crippen LogP contribution in [0.2, 0.25) is 0 Å². The molecule has 0 unspecified atom stereocenters. The first-order valence-corrected chi connectivity index (χ1v) is 11.5. The molecule has 2 aromatic carbocycles.